The van der Waals surface area contributed by atoms with E-state index in [1.165, 1.54) is 0 Å². The highest BCUT2D eigenvalue weighted by atomic mass is 16.7. The normalized spacial score (nSPS) is 12.4. The fourth-order valence-corrected chi connectivity index (χ4v) is 4.73. The van der Waals surface area contributed by atoms with Gasteiger partial charge in [-0.25, -0.2) is 0 Å². The van der Waals surface area contributed by atoms with Crippen LogP contribution in [0.5, 0.6) is 17.2 Å². The van der Waals surface area contributed by atoms with Crippen molar-refractivity contribution in [3.63, 3.8) is 0 Å². The molecule has 0 saturated heterocycles. The first-order valence-corrected chi connectivity index (χ1v) is 13.4. The summed E-state index contributed by atoms with van der Waals surface area (Å²) in [6.07, 6.45) is 0.142. The molecule has 41 heavy (non-hydrogen) atoms. The molecule has 0 aliphatic carbocycles. The largest absolute Gasteiger partial charge is 0.497 e. The van der Waals surface area contributed by atoms with Crippen LogP contribution in [-0.2, 0) is 22.6 Å². The standard InChI is InChI=1S/C33H33N3O5/c1-35(2)27-14-12-26(13-15-27)34-33(38)32(25-11-18-29-30(20-25)41-22-40-29)36(21-24-9-16-28(39-3)17-10-24)31(37)19-23-7-5-4-6-8-23/h4-18,20,32H,19,21-22H2,1-3H3,(H,34,38). The number of anilines is 2. The number of methoxy groups -OCH3 is 1. The summed E-state index contributed by atoms with van der Waals surface area (Å²) in [5, 5.41) is 3.03. The molecule has 8 heteroatoms. The molecular formula is C33H33N3O5. The fourth-order valence-electron chi connectivity index (χ4n) is 4.73. The number of benzene rings is 4. The molecular weight excluding hydrogens is 518 g/mol. The fraction of sp³-hybridized carbons (Fsp3) is 0.212. The third-order valence-corrected chi connectivity index (χ3v) is 6.95. The van der Waals surface area contributed by atoms with Gasteiger partial charge in [0.1, 0.15) is 11.8 Å². The number of nitrogens with one attached hydrogen (secondary N) is 1. The Hall–Kier alpha value is -4.98. The molecule has 1 aliphatic heterocycles. The lowest BCUT2D eigenvalue weighted by Gasteiger charge is -2.32. The van der Waals surface area contributed by atoms with E-state index in [1.54, 1.807) is 24.1 Å². The van der Waals surface area contributed by atoms with Crippen LogP contribution >= 0.6 is 0 Å². The number of hydrogen-bond donors (Lipinski definition) is 1. The summed E-state index contributed by atoms with van der Waals surface area (Å²) in [6, 6.07) is 29.0. The van der Waals surface area contributed by atoms with Crippen LogP contribution in [0, 0.1) is 0 Å². The SMILES string of the molecule is COc1ccc(CN(C(=O)Cc2ccccc2)C(C(=O)Nc2ccc(N(C)C)cc2)c2ccc3c(c2)OCO3)cc1. The predicted octanol–water partition coefficient (Wildman–Crippen LogP) is 5.44. The first-order valence-electron chi connectivity index (χ1n) is 13.4. The number of hydrogen-bond acceptors (Lipinski definition) is 6. The van der Waals surface area contributed by atoms with Gasteiger partial charge in [0.05, 0.1) is 13.5 Å². The van der Waals surface area contributed by atoms with Gasteiger partial charge in [0.25, 0.3) is 5.91 Å². The zero-order valence-electron chi connectivity index (χ0n) is 23.4. The Morgan fingerprint density at radius 1 is 0.854 bits per heavy atom. The van der Waals surface area contributed by atoms with Crippen molar-refractivity contribution in [3.8, 4) is 17.2 Å². The highest BCUT2D eigenvalue weighted by Gasteiger charge is 2.33. The molecule has 1 heterocycles. The number of carbonyl (C=O) groups excluding carboxylic acids is 2. The van der Waals surface area contributed by atoms with Crippen LogP contribution in [0.2, 0.25) is 0 Å². The second kappa shape index (κ2) is 12.5. The average Bonchev–Trinajstić information content (AvgIpc) is 3.46. The summed E-state index contributed by atoms with van der Waals surface area (Å²) in [7, 11) is 5.52. The number of carbonyl (C=O) groups is 2. The summed E-state index contributed by atoms with van der Waals surface area (Å²) in [4.78, 5) is 31.7. The molecule has 0 aromatic heterocycles. The molecule has 210 valence electrons. The van der Waals surface area contributed by atoms with Gasteiger partial charge in [0.2, 0.25) is 12.7 Å². The number of ether oxygens (including phenoxy) is 3. The van der Waals surface area contributed by atoms with E-state index < -0.39 is 6.04 Å². The monoisotopic (exact) mass is 551 g/mol. The van der Waals surface area contributed by atoms with E-state index in [0.717, 1.165) is 16.8 Å². The lowest BCUT2D eigenvalue weighted by atomic mass is 10.0. The van der Waals surface area contributed by atoms with Crippen LogP contribution in [0.3, 0.4) is 0 Å². The molecule has 1 unspecified atom stereocenters. The Morgan fingerprint density at radius 3 is 2.24 bits per heavy atom. The quantitative estimate of drug-likeness (QED) is 0.283. The predicted molar refractivity (Wildman–Crippen MR) is 158 cm³/mol. The Morgan fingerprint density at radius 2 is 1.56 bits per heavy atom. The molecule has 0 fully saturated rings. The minimum atomic E-state index is -0.948. The highest BCUT2D eigenvalue weighted by molar-refractivity contribution is 5.98. The Kier molecular flexibility index (Phi) is 8.39. The van der Waals surface area contributed by atoms with Gasteiger partial charge in [0.15, 0.2) is 11.5 Å². The van der Waals surface area contributed by atoms with E-state index in [9.17, 15) is 9.59 Å². The molecule has 1 N–H and O–H groups in total. The van der Waals surface area contributed by atoms with E-state index in [-0.39, 0.29) is 31.6 Å². The van der Waals surface area contributed by atoms with Crippen molar-refractivity contribution in [3.05, 3.63) is 114 Å². The van der Waals surface area contributed by atoms with Gasteiger partial charge in [0, 0.05) is 32.0 Å². The third-order valence-electron chi connectivity index (χ3n) is 6.95. The van der Waals surface area contributed by atoms with Crippen molar-refractivity contribution in [1.29, 1.82) is 0 Å². The van der Waals surface area contributed by atoms with Crippen molar-refractivity contribution in [2.45, 2.75) is 19.0 Å². The lowest BCUT2D eigenvalue weighted by molar-refractivity contribution is -0.139. The maximum absolute atomic E-state index is 14.1. The van der Waals surface area contributed by atoms with Crippen molar-refractivity contribution in [2.75, 3.05) is 38.2 Å². The van der Waals surface area contributed by atoms with Gasteiger partial charge in [-0.3, -0.25) is 9.59 Å². The second-order valence-electron chi connectivity index (χ2n) is 9.98. The highest BCUT2D eigenvalue weighted by Crippen LogP contribution is 2.37. The van der Waals surface area contributed by atoms with Gasteiger partial charge < -0.3 is 29.3 Å². The van der Waals surface area contributed by atoms with Crippen LogP contribution in [0.15, 0.2) is 97.1 Å². The van der Waals surface area contributed by atoms with E-state index >= 15 is 0 Å². The van der Waals surface area contributed by atoms with E-state index in [0.29, 0.717) is 28.5 Å². The third kappa shape index (κ3) is 6.61. The minimum absolute atomic E-state index is 0.108. The summed E-state index contributed by atoms with van der Waals surface area (Å²) >= 11 is 0. The maximum atomic E-state index is 14.1. The molecule has 1 aliphatic rings. The molecule has 8 nitrogen and oxygen atoms in total. The Balaban J connectivity index is 1.53. The van der Waals surface area contributed by atoms with Crippen molar-refractivity contribution in [1.82, 2.24) is 4.90 Å². The molecule has 4 aromatic rings. The summed E-state index contributed by atoms with van der Waals surface area (Å²) in [5.74, 6) is 1.33. The van der Waals surface area contributed by atoms with E-state index in [4.69, 9.17) is 14.2 Å². The second-order valence-corrected chi connectivity index (χ2v) is 9.98. The zero-order chi connectivity index (χ0) is 28.8. The molecule has 0 saturated carbocycles. The Bertz CT molecular complexity index is 1490. The van der Waals surface area contributed by atoms with Crippen molar-refractivity contribution in [2.24, 2.45) is 0 Å². The molecule has 2 amide bonds. The van der Waals surface area contributed by atoms with Gasteiger partial charge in [-0.05, 0) is 65.2 Å². The van der Waals surface area contributed by atoms with Gasteiger partial charge >= 0.3 is 0 Å². The summed E-state index contributed by atoms with van der Waals surface area (Å²) in [5.41, 5.74) is 3.98. The minimum Gasteiger partial charge on any atom is -0.497 e. The number of amides is 2. The Labute approximate surface area is 240 Å². The molecule has 5 rings (SSSR count). The number of fused-ring (bicyclic) bond motifs is 1. The molecule has 1 atom stereocenters. The summed E-state index contributed by atoms with van der Waals surface area (Å²) < 4.78 is 16.4. The molecule has 4 aromatic carbocycles. The molecule has 0 radical (unpaired) electrons. The average molecular weight is 552 g/mol. The maximum Gasteiger partial charge on any atom is 0.251 e. The van der Waals surface area contributed by atoms with Crippen molar-refractivity contribution >= 4 is 23.2 Å². The van der Waals surface area contributed by atoms with Gasteiger partial charge in [-0.15, -0.1) is 0 Å². The van der Waals surface area contributed by atoms with Gasteiger partial charge in [-0.2, -0.15) is 0 Å². The topological polar surface area (TPSA) is 80.3 Å². The van der Waals surface area contributed by atoms with Crippen LogP contribution < -0.4 is 24.4 Å². The van der Waals surface area contributed by atoms with Crippen LogP contribution in [0.25, 0.3) is 0 Å². The van der Waals surface area contributed by atoms with Gasteiger partial charge in [-0.1, -0.05) is 48.5 Å². The molecule has 0 spiro atoms. The van der Waals surface area contributed by atoms with Crippen molar-refractivity contribution < 1.29 is 23.8 Å². The van der Waals surface area contributed by atoms with Crippen LogP contribution in [0.4, 0.5) is 11.4 Å². The smallest absolute Gasteiger partial charge is 0.251 e. The zero-order valence-corrected chi connectivity index (χ0v) is 23.4. The number of rotatable bonds is 10. The van der Waals surface area contributed by atoms with E-state index in [2.05, 4.69) is 5.32 Å². The number of nitrogens with zero attached hydrogens (tertiary/aromatic N) is 2. The molecule has 0 bridgehead atoms. The first-order chi connectivity index (χ1) is 19.9. The van der Waals surface area contributed by atoms with Crippen LogP contribution in [0.1, 0.15) is 22.7 Å². The summed E-state index contributed by atoms with van der Waals surface area (Å²) in [6.45, 7) is 0.318. The van der Waals surface area contributed by atoms with Crippen LogP contribution in [-0.4, -0.2) is 44.7 Å². The van der Waals surface area contributed by atoms with E-state index in [1.807, 2.05) is 104 Å². The first kappa shape index (κ1) is 27.6. The lowest BCUT2D eigenvalue weighted by Crippen LogP contribution is -2.41.